The Hall–Kier alpha value is -7.23. The average Bonchev–Trinajstić information content (AvgIpc) is 3.61. The van der Waals surface area contributed by atoms with Gasteiger partial charge in [0.25, 0.3) is 0 Å². The lowest BCUT2D eigenvalue weighted by Gasteiger charge is -2.30. The highest BCUT2D eigenvalue weighted by atomic mass is 16.1. The lowest BCUT2D eigenvalue weighted by atomic mass is 9.76. The first-order chi connectivity index (χ1) is 29.5. The van der Waals surface area contributed by atoms with Crippen molar-refractivity contribution in [3.63, 3.8) is 0 Å². The van der Waals surface area contributed by atoms with Gasteiger partial charge in [0.2, 0.25) is 0 Å². The monoisotopic (exact) mass is 774 g/mol. The highest BCUT2D eigenvalue weighted by molar-refractivity contribution is 5.89. The largest absolute Gasteiger partial charge is 0.338 e. The van der Waals surface area contributed by atoms with Crippen molar-refractivity contribution in [2.75, 3.05) is 0 Å². The van der Waals surface area contributed by atoms with Crippen molar-refractivity contribution in [3.8, 4) is 27.9 Å². The molecule has 1 heterocycles. The molecule has 0 saturated heterocycles. The fourth-order valence-corrected chi connectivity index (χ4v) is 9.49. The average molecular weight is 775 g/mol. The maximum Gasteiger partial charge on any atom is 0.338 e. The Kier molecular flexibility index (Phi) is 9.79. The molecular formula is C57H46N2O. The first-order valence-electron chi connectivity index (χ1n) is 21.0. The molecule has 4 atom stereocenters. The van der Waals surface area contributed by atoms with E-state index in [-0.39, 0.29) is 29.4 Å². The lowest BCUT2D eigenvalue weighted by molar-refractivity contribution is 0.652. The van der Waals surface area contributed by atoms with Crippen LogP contribution in [0.1, 0.15) is 47.9 Å². The Morgan fingerprint density at radius 1 is 0.433 bits per heavy atom. The summed E-state index contributed by atoms with van der Waals surface area (Å²) >= 11 is 0. The van der Waals surface area contributed by atoms with Crippen LogP contribution in [0.15, 0.2) is 223 Å². The Balaban J connectivity index is 1.16. The number of benzene rings is 7. The van der Waals surface area contributed by atoms with Gasteiger partial charge >= 0.3 is 5.69 Å². The summed E-state index contributed by atoms with van der Waals surface area (Å²) in [6, 6.07) is 66.3. The number of aromatic nitrogens is 2. The highest BCUT2D eigenvalue weighted by Crippen LogP contribution is 2.44. The van der Waals surface area contributed by atoms with E-state index in [1.54, 1.807) is 0 Å². The van der Waals surface area contributed by atoms with E-state index in [9.17, 15) is 0 Å². The molecule has 3 nitrogen and oxygen atoms in total. The van der Waals surface area contributed by atoms with Gasteiger partial charge in [-0.3, -0.25) is 9.13 Å². The maximum atomic E-state index is 15.5. The van der Waals surface area contributed by atoms with Crippen molar-refractivity contribution in [2.45, 2.75) is 25.7 Å². The van der Waals surface area contributed by atoms with Gasteiger partial charge in [-0.1, -0.05) is 196 Å². The lowest BCUT2D eigenvalue weighted by Crippen LogP contribution is -2.25. The Labute approximate surface area is 352 Å². The molecule has 60 heavy (non-hydrogen) atoms. The van der Waals surface area contributed by atoms with E-state index in [2.05, 4.69) is 220 Å². The number of nitrogens with zero attached hydrogens (tertiary/aromatic N) is 2. The van der Waals surface area contributed by atoms with Crippen LogP contribution in [0.2, 0.25) is 0 Å². The Morgan fingerprint density at radius 3 is 1.65 bits per heavy atom. The molecule has 8 aromatic rings. The van der Waals surface area contributed by atoms with Gasteiger partial charge in [0.1, 0.15) is 0 Å². The van der Waals surface area contributed by atoms with E-state index in [1.165, 1.54) is 33.4 Å². The molecule has 0 fully saturated rings. The summed E-state index contributed by atoms with van der Waals surface area (Å²) in [4.78, 5) is 15.5. The third kappa shape index (κ3) is 6.82. The SMILES string of the molecule is CC1C(c2cc(-c3ccccc3)cc(-n3c(=O)n(C4=CC(c5cccc(-c6ccccc6)c5)C(C)C(c5ccccc5)=C4)c4ccccc43)c2)=CC=CC1c1ccccc1. The summed E-state index contributed by atoms with van der Waals surface area (Å²) in [6.07, 6.45) is 11.3. The molecule has 10 rings (SSSR count). The van der Waals surface area contributed by atoms with Crippen molar-refractivity contribution in [1.29, 1.82) is 0 Å². The number of hydrogen-bond donors (Lipinski definition) is 0. The predicted molar refractivity (Wildman–Crippen MR) is 251 cm³/mol. The summed E-state index contributed by atoms with van der Waals surface area (Å²) in [6.45, 7) is 4.63. The summed E-state index contributed by atoms with van der Waals surface area (Å²) in [5.74, 6) is 0.655. The molecule has 0 bridgehead atoms. The van der Waals surface area contributed by atoms with Crippen molar-refractivity contribution < 1.29 is 0 Å². The molecule has 2 aliphatic rings. The molecule has 0 N–H and O–H groups in total. The van der Waals surface area contributed by atoms with Crippen LogP contribution in [0.4, 0.5) is 0 Å². The van der Waals surface area contributed by atoms with Crippen LogP contribution in [0.25, 0.3) is 55.8 Å². The first-order valence-corrected chi connectivity index (χ1v) is 21.0. The number of para-hydroxylation sites is 2. The minimum Gasteiger partial charge on any atom is -0.260 e. The van der Waals surface area contributed by atoms with E-state index < -0.39 is 0 Å². The molecule has 2 aliphatic carbocycles. The zero-order valence-electron chi connectivity index (χ0n) is 33.9. The van der Waals surface area contributed by atoms with Crippen LogP contribution in [-0.4, -0.2) is 9.13 Å². The van der Waals surface area contributed by atoms with Crippen molar-refractivity contribution in [3.05, 3.63) is 251 Å². The van der Waals surface area contributed by atoms with Gasteiger partial charge in [0, 0.05) is 17.5 Å². The van der Waals surface area contributed by atoms with Gasteiger partial charge < -0.3 is 0 Å². The Bertz CT molecular complexity index is 3020. The Morgan fingerprint density at radius 2 is 0.967 bits per heavy atom. The van der Waals surface area contributed by atoms with Gasteiger partial charge in [-0.2, -0.15) is 0 Å². The summed E-state index contributed by atoms with van der Waals surface area (Å²) < 4.78 is 3.85. The van der Waals surface area contributed by atoms with E-state index in [4.69, 9.17) is 0 Å². The zero-order chi connectivity index (χ0) is 40.6. The van der Waals surface area contributed by atoms with Crippen LogP contribution in [-0.2, 0) is 0 Å². The molecular weight excluding hydrogens is 729 g/mol. The fraction of sp³-hybridized carbons (Fsp3) is 0.105. The molecule has 0 amide bonds. The van der Waals surface area contributed by atoms with Gasteiger partial charge in [0.05, 0.1) is 16.7 Å². The van der Waals surface area contributed by atoms with Crippen LogP contribution in [0, 0.1) is 11.8 Å². The van der Waals surface area contributed by atoms with Crippen molar-refractivity contribution in [1.82, 2.24) is 9.13 Å². The van der Waals surface area contributed by atoms with Gasteiger partial charge in [0.15, 0.2) is 0 Å². The smallest absolute Gasteiger partial charge is 0.260 e. The van der Waals surface area contributed by atoms with Crippen molar-refractivity contribution in [2.24, 2.45) is 11.8 Å². The maximum absolute atomic E-state index is 15.5. The van der Waals surface area contributed by atoms with E-state index in [1.807, 2.05) is 21.3 Å². The normalized spacial score (nSPS) is 18.8. The number of hydrogen-bond acceptors (Lipinski definition) is 1. The van der Waals surface area contributed by atoms with E-state index in [0.29, 0.717) is 0 Å². The van der Waals surface area contributed by atoms with Crippen LogP contribution in [0.5, 0.6) is 0 Å². The molecule has 4 unspecified atom stereocenters. The third-order valence-electron chi connectivity index (χ3n) is 12.6. The minimum absolute atomic E-state index is 0.0243. The molecule has 0 aliphatic heterocycles. The van der Waals surface area contributed by atoms with Crippen LogP contribution in [0.3, 0.4) is 0 Å². The second-order valence-electron chi connectivity index (χ2n) is 16.2. The molecule has 0 spiro atoms. The predicted octanol–water partition coefficient (Wildman–Crippen LogP) is 13.9. The molecule has 290 valence electrons. The summed E-state index contributed by atoms with van der Waals surface area (Å²) in [7, 11) is 0. The zero-order valence-corrected chi connectivity index (χ0v) is 33.9. The van der Waals surface area contributed by atoms with Gasteiger partial charge in [-0.05, 0) is 104 Å². The van der Waals surface area contributed by atoms with Crippen LogP contribution >= 0.6 is 0 Å². The van der Waals surface area contributed by atoms with Gasteiger partial charge in [-0.15, -0.1) is 0 Å². The summed E-state index contributed by atoms with van der Waals surface area (Å²) in [5, 5.41) is 0. The van der Waals surface area contributed by atoms with Crippen LogP contribution < -0.4 is 5.69 Å². The van der Waals surface area contributed by atoms with Gasteiger partial charge in [-0.25, -0.2) is 4.79 Å². The first kappa shape index (κ1) is 37.1. The number of rotatable bonds is 8. The number of allylic oxidation sites excluding steroid dienone is 8. The molecule has 0 saturated carbocycles. The second kappa shape index (κ2) is 15.8. The van der Waals surface area contributed by atoms with E-state index in [0.717, 1.165) is 44.7 Å². The standard InChI is InChI=1S/C57H46N2O/c1-39-51(43-23-11-5-12-24-43)29-18-30-52(39)48-34-47(42-21-9-4-10-22-42)35-49(36-48)58-55-31-15-16-32-56(55)59(57(58)60)50-37-53(44-25-13-6-14-26-44)40(2)54(38-50)46-28-17-27-45(33-46)41-19-7-3-8-20-41/h3-40,51,54H,1-2H3. The minimum atomic E-state index is -0.0960. The second-order valence-corrected chi connectivity index (χ2v) is 16.2. The molecule has 1 aromatic heterocycles. The summed E-state index contributed by atoms with van der Waals surface area (Å²) in [5.41, 5.74) is 15.2. The quantitative estimate of drug-likeness (QED) is 0.151. The van der Waals surface area contributed by atoms with Crippen molar-refractivity contribution >= 4 is 27.9 Å². The number of imidazole rings is 1. The molecule has 3 heteroatoms. The molecule has 7 aromatic carbocycles. The molecule has 0 radical (unpaired) electrons. The van der Waals surface area contributed by atoms with E-state index >= 15 is 4.79 Å². The number of fused-ring (bicyclic) bond motifs is 1. The fourth-order valence-electron chi connectivity index (χ4n) is 9.49. The topological polar surface area (TPSA) is 26.9 Å². The highest BCUT2D eigenvalue weighted by Gasteiger charge is 2.30. The third-order valence-corrected chi connectivity index (χ3v) is 12.6.